The molecule has 118 valence electrons. The predicted molar refractivity (Wildman–Crippen MR) is 84.1 cm³/mol. The fraction of sp³-hybridized carbons (Fsp3) is 0.286. The van der Waals surface area contributed by atoms with Crippen molar-refractivity contribution >= 4 is 23.1 Å². The molecule has 0 aromatic carbocycles. The van der Waals surface area contributed by atoms with E-state index in [0.29, 0.717) is 19.7 Å². The van der Waals surface area contributed by atoms with Gasteiger partial charge in [0.25, 0.3) is 0 Å². The second-order valence-electron chi connectivity index (χ2n) is 5.18. The SMILES string of the molecule is C=CCON1C(=O)N2CC(n3cc(-c4nccs4)nn3)=CC1C2. The van der Waals surface area contributed by atoms with E-state index in [-0.39, 0.29) is 12.1 Å². The van der Waals surface area contributed by atoms with Crippen molar-refractivity contribution < 1.29 is 9.63 Å². The molecular weight excluding hydrogens is 316 g/mol. The highest BCUT2D eigenvalue weighted by atomic mass is 32.1. The van der Waals surface area contributed by atoms with Gasteiger partial charge in [-0.3, -0.25) is 4.84 Å². The maximum Gasteiger partial charge on any atom is 0.345 e. The molecule has 2 aliphatic heterocycles. The fourth-order valence-electron chi connectivity index (χ4n) is 2.67. The van der Waals surface area contributed by atoms with E-state index in [4.69, 9.17) is 4.84 Å². The molecule has 4 heterocycles. The van der Waals surface area contributed by atoms with E-state index in [9.17, 15) is 4.79 Å². The first kappa shape index (κ1) is 14.1. The molecule has 0 saturated carbocycles. The number of hydrogen-bond acceptors (Lipinski definition) is 6. The van der Waals surface area contributed by atoms with Gasteiger partial charge in [0.05, 0.1) is 31.1 Å². The Kier molecular flexibility index (Phi) is 3.43. The number of urea groups is 1. The van der Waals surface area contributed by atoms with Crippen LogP contribution < -0.4 is 0 Å². The van der Waals surface area contributed by atoms with Crippen LogP contribution in [0.2, 0.25) is 0 Å². The minimum Gasteiger partial charge on any atom is -0.314 e. The normalized spacial score (nSPS) is 20.1. The number of nitrogens with zero attached hydrogens (tertiary/aromatic N) is 6. The zero-order valence-corrected chi connectivity index (χ0v) is 13.0. The number of carbonyl (C=O) groups excluding carboxylic acids is 1. The molecule has 2 aliphatic rings. The molecule has 1 atom stereocenters. The summed E-state index contributed by atoms with van der Waals surface area (Å²) in [7, 11) is 0. The molecule has 4 rings (SSSR count). The Bertz CT molecular complexity index is 768. The summed E-state index contributed by atoms with van der Waals surface area (Å²) in [5, 5.41) is 12.4. The maximum absolute atomic E-state index is 12.3. The van der Waals surface area contributed by atoms with E-state index in [1.54, 1.807) is 21.9 Å². The van der Waals surface area contributed by atoms with E-state index in [1.165, 1.54) is 16.4 Å². The molecule has 2 aromatic rings. The van der Waals surface area contributed by atoms with Gasteiger partial charge in [-0.25, -0.2) is 14.5 Å². The summed E-state index contributed by atoms with van der Waals surface area (Å²) in [6, 6.07) is -0.262. The number of carbonyl (C=O) groups is 1. The molecule has 1 unspecified atom stereocenters. The molecular formula is C14H14N6O2S. The molecule has 8 nitrogen and oxygen atoms in total. The smallest absolute Gasteiger partial charge is 0.314 e. The highest BCUT2D eigenvalue weighted by molar-refractivity contribution is 7.13. The molecule has 2 amide bonds. The van der Waals surface area contributed by atoms with Crippen molar-refractivity contribution in [1.29, 1.82) is 0 Å². The molecule has 1 saturated heterocycles. The van der Waals surface area contributed by atoms with E-state index >= 15 is 0 Å². The lowest BCUT2D eigenvalue weighted by atomic mass is 10.2. The molecule has 23 heavy (non-hydrogen) atoms. The lowest BCUT2D eigenvalue weighted by molar-refractivity contribution is -0.107. The molecule has 0 N–H and O–H groups in total. The summed E-state index contributed by atoms with van der Waals surface area (Å²) in [6.45, 7) is 5.00. The summed E-state index contributed by atoms with van der Waals surface area (Å²) in [6.07, 6.45) is 7.17. The van der Waals surface area contributed by atoms with Gasteiger partial charge in [0.2, 0.25) is 0 Å². The zero-order valence-electron chi connectivity index (χ0n) is 12.2. The third-order valence-corrected chi connectivity index (χ3v) is 4.47. The molecule has 9 heteroatoms. The second-order valence-corrected chi connectivity index (χ2v) is 6.08. The zero-order chi connectivity index (χ0) is 15.8. The van der Waals surface area contributed by atoms with Crippen molar-refractivity contribution in [1.82, 2.24) is 29.9 Å². The average Bonchev–Trinajstić information content (AvgIpc) is 3.28. The monoisotopic (exact) mass is 330 g/mol. The lowest BCUT2D eigenvalue weighted by Crippen LogP contribution is -2.33. The van der Waals surface area contributed by atoms with Crippen LogP contribution in [0.5, 0.6) is 0 Å². The Balaban J connectivity index is 1.59. The van der Waals surface area contributed by atoms with Crippen LogP contribution in [0.3, 0.4) is 0 Å². The van der Waals surface area contributed by atoms with Crippen LogP contribution in [0.25, 0.3) is 16.4 Å². The van der Waals surface area contributed by atoms with E-state index < -0.39 is 0 Å². The molecule has 1 fully saturated rings. The van der Waals surface area contributed by atoms with Crippen molar-refractivity contribution in [3.8, 4) is 10.7 Å². The summed E-state index contributed by atoms with van der Waals surface area (Å²) < 4.78 is 1.69. The third kappa shape index (κ3) is 2.43. The Morgan fingerprint density at radius 3 is 3.22 bits per heavy atom. The number of rotatable bonds is 5. The van der Waals surface area contributed by atoms with Gasteiger partial charge in [-0.05, 0) is 6.08 Å². The van der Waals surface area contributed by atoms with Crippen LogP contribution in [-0.4, -0.2) is 61.7 Å². The number of aromatic nitrogens is 4. The van der Waals surface area contributed by atoms with Gasteiger partial charge >= 0.3 is 6.03 Å². The third-order valence-electron chi connectivity index (χ3n) is 3.68. The number of hydroxylamine groups is 2. The van der Waals surface area contributed by atoms with Gasteiger partial charge < -0.3 is 4.90 Å². The van der Waals surface area contributed by atoms with Gasteiger partial charge in [-0.1, -0.05) is 11.3 Å². The van der Waals surface area contributed by atoms with Gasteiger partial charge in [-0.2, -0.15) is 5.06 Å². The van der Waals surface area contributed by atoms with Crippen molar-refractivity contribution in [3.05, 3.63) is 36.5 Å². The Morgan fingerprint density at radius 2 is 2.43 bits per heavy atom. The summed E-state index contributed by atoms with van der Waals surface area (Å²) in [5.41, 5.74) is 1.62. The number of thiazole rings is 1. The highest BCUT2D eigenvalue weighted by Gasteiger charge is 2.41. The fourth-order valence-corrected chi connectivity index (χ4v) is 3.25. The predicted octanol–water partition coefficient (Wildman–Crippen LogP) is 1.48. The standard InChI is InChI=1S/C14H14N6O2S/c1-2-4-22-20-11-6-10(7-18(8-11)14(20)21)19-9-12(16-17-19)13-15-3-5-23-13/h2-3,5-6,9,11H,1,4,7-8H2. The van der Waals surface area contributed by atoms with Crippen LogP contribution in [0.4, 0.5) is 4.79 Å². The van der Waals surface area contributed by atoms with Crippen molar-refractivity contribution in [2.45, 2.75) is 6.04 Å². The van der Waals surface area contributed by atoms with Crippen molar-refractivity contribution in [2.75, 3.05) is 19.7 Å². The van der Waals surface area contributed by atoms with E-state index in [0.717, 1.165) is 16.4 Å². The minimum absolute atomic E-state index is 0.126. The lowest BCUT2D eigenvalue weighted by Gasteiger charge is -2.20. The molecule has 2 bridgehead atoms. The van der Waals surface area contributed by atoms with Gasteiger partial charge in [0, 0.05) is 18.1 Å². The Hall–Kier alpha value is -2.52. The van der Waals surface area contributed by atoms with Gasteiger partial charge in [0.1, 0.15) is 10.7 Å². The molecule has 0 spiro atoms. The summed E-state index contributed by atoms with van der Waals surface area (Å²) in [4.78, 5) is 23.7. The highest BCUT2D eigenvalue weighted by Crippen LogP contribution is 2.27. The average molecular weight is 330 g/mol. The number of amides is 2. The van der Waals surface area contributed by atoms with Gasteiger partial charge in [-0.15, -0.1) is 23.0 Å². The quantitative estimate of drug-likeness (QED) is 0.776. The summed E-state index contributed by atoms with van der Waals surface area (Å²) in [5.74, 6) is 0. The molecule has 0 aliphatic carbocycles. The van der Waals surface area contributed by atoms with Crippen LogP contribution in [-0.2, 0) is 4.84 Å². The molecule has 0 radical (unpaired) electrons. The number of hydrogen-bond donors (Lipinski definition) is 0. The van der Waals surface area contributed by atoms with Crippen molar-refractivity contribution in [2.24, 2.45) is 0 Å². The first-order valence-corrected chi connectivity index (χ1v) is 7.99. The van der Waals surface area contributed by atoms with E-state index in [1.807, 2.05) is 17.7 Å². The van der Waals surface area contributed by atoms with E-state index in [2.05, 4.69) is 21.9 Å². The molecule has 2 aromatic heterocycles. The minimum atomic E-state index is -0.136. The van der Waals surface area contributed by atoms with Crippen molar-refractivity contribution in [3.63, 3.8) is 0 Å². The summed E-state index contributed by atoms with van der Waals surface area (Å²) >= 11 is 1.51. The first-order valence-electron chi connectivity index (χ1n) is 7.11. The Labute approximate surface area is 136 Å². The van der Waals surface area contributed by atoms with Crippen LogP contribution in [0.1, 0.15) is 0 Å². The Morgan fingerprint density at radius 1 is 1.52 bits per heavy atom. The second kappa shape index (κ2) is 5.60. The van der Waals surface area contributed by atoms with Gasteiger partial charge in [0.15, 0.2) is 0 Å². The van der Waals surface area contributed by atoms with Crippen LogP contribution in [0, 0.1) is 0 Å². The topological polar surface area (TPSA) is 76.4 Å². The maximum atomic E-state index is 12.3. The van der Waals surface area contributed by atoms with Crippen LogP contribution in [0.15, 0.2) is 36.5 Å². The number of fused-ring (bicyclic) bond motifs is 2. The largest absolute Gasteiger partial charge is 0.345 e. The van der Waals surface area contributed by atoms with Crippen LogP contribution >= 0.6 is 11.3 Å². The first-order chi connectivity index (χ1) is 11.3.